The second-order valence-electron chi connectivity index (χ2n) is 12.5. The molecule has 1 aromatic carbocycles. The third kappa shape index (κ3) is 8.45. The zero-order valence-electron chi connectivity index (χ0n) is 25.4. The van der Waals surface area contributed by atoms with E-state index >= 15 is 0 Å². The average Bonchev–Trinajstić information content (AvgIpc) is 2.96. The van der Waals surface area contributed by atoms with Gasteiger partial charge in [-0.1, -0.05) is 58.0 Å². The Morgan fingerprint density at radius 2 is 1.31 bits per heavy atom. The molecule has 11 heteroatoms. The van der Waals surface area contributed by atoms with Gasteiger partial charge < -0.3 is 30.7 Å². The van der Waals surface area contributed by atoms with Crippen LogP contribution >= 0.6 is 0 Å². The minimum absolute atomic E-state index is 0.0708. The highest BCUT2D eigenvalue weighted by molar-refractivity contribution is 5.83. The van der Waals surface area contributed by atoms with Crippen molar-refractivity contribution in [2.45, 2.75) is 84.9 Å². The number of nitrogens with one attached hydrogen (secondary N) is 4. The van der Waals surface area contributed by atoms with Gasteiger partial charge >= 0.3 is 12.1 Å². The summed E-state index contributed by atoms with van der Waals surface area (Å²) in [5.74, 6) is -1.03. The maximum atomic E-state index is 12.8. The highest BCUT2D eigenvalue weighted by atomic mass is 16.5. The second kappa shape index (κ2) is 14.5. The number of alkyl carbamates (subject to hydrolysis) is 1. The summed E-state index contributed by atoms with van der Waals surface area (Å²) in [5.41, 5.74) is 0.0951. The zero-order chi connectivity index (χ0) is 30.9. The van der Waals surface area contributed by atoms with Crippen LogP contribution in [0.25, 0.3) is 0 Å². The van der Waals surface area contributed by atoms with Crippen molar-refractivity contribution in [3.8, 4) is 0 Å². The Kier molecular flexibility index (Phi) is 11.4. The van der Waals surface area contributed by atoms with Crippen molar-refractivity contribution >= 4 is 29.8 Å². The lowest BCUT2D eigenvalue weighted by Crippen LogP contribution is -2.62. The highest BCUT2D eigenvalue weighted by Crippen LogP contribution is 2.47. The molecule has 2 aliphatic carbocycles. The molecule has 232 valence electrons. The molecule has 42 heavy (non-hydrogen) atoms. The highest BCUT2D eigenvalue weighted by Gasteiger charge is 2.53. The quantitative estimate of drug-likeness (QED) is 0.193. The van der Waals surface area contributed by atoms with Crippen LogP contribution in [0.5, 0.6) is 0 Å². The van der Waals surface area contributed by atoms with Gasteiger partial charge in [0.25, 0.3) is 0 Å². The van der Waals surface area contributed by atoms with Gasteiger partial charge in [0, 0.05) is 49.9 Å². The Morgan fingerprint density at radius 3 is 1.83 bits per heavy atom. The summed E-state index contributed by atoms with van der Waals surface area (Å²) in [7, 11) is 1.34. The fraction of sp³-hybridized carbons (Fsp3) is 0.645. The molecule has 0 unspecified atom stereocenters. The molecule has 4 N–H and O–H groups in total. The van der Waals surface area contributed by atoms with E-state index in [0.29, 0.717) is 38.8 Å². The van der Waals surface area contributed by atoms with Crippen molar-refractivity contribution in [3.63, 3.8) is 0 Å². The summed E-state index contributed by atoms with van der Waals surface area (Å²) in [4.78, 5) is 61.3. The van der Waals surface area contributed by atoms with Gasteiger partial charge in [-0.05, 0) is 42.1 Å². The molecule has 3 rings (SSSR count). The molecule has 1 aromatic rings. The maximum absolute atomic E-state index is 12.8. The molecule has 2 fully saturated rings. The summed E-state index contributed by atoms with van der Waals surface area (Å²) in [6.07, 6.45) is 2.12. The number of carbonyl (C=O) groups excluding carboxylic acids is 5. The van der Waals surface area contributed by atoms with Crippen LogP contribution in [-0.4, -0.2) is 62.1 Å². The molecule has 0 spiro atoms. The lowest BCUT2D eigenvalue weighted by Gasteiger charge is -2.51. The molecule has 0 radical (unpaired) electrons. The van der Waals surface area contributed by atoms with Gasteiger partial charge in [0.05, 0.1) is 7.11 Å². The predicted molar refractivity (Wildman–Crippen MR) is 156 cm³/mol. The molecule has 0 aromatic heterocycles. The fourth-order valence-corrected chi connectivity index (χ4v) is 5.66. The molecular weight excluding hydrogens is 540 g/mol. The van der Waals surface area contributed by atoms with Crippen molar-refractivity contribution < 1.29 is 33.4 Å². The summed E-state index contributed by atoms with van der Waals surface area (Å²) < 4.78 is 9.90. The molecular formula is C31H46N4O7. The minimum Gasteiger partial charge on any atom is -0.469 e. The van der Waals surface area contributed by atoms with Crippen LogP contribution in [0.3, 0.4) is 0 Å². The van der Waals surface area contributed by atoms with Crippen molar-refractivity contribution in [3.05, 3.63) is 35.9 Å². The number of carbonyl (C=O) groups is 5. The molecule has 0 aliphatic heterocycles. The van der Waals surface area contributed by atoms with Gasteiger partial charge in [-0.25, -0.2) is 4.79 Å². The Hall–Kier alpha value is -3.63. The van der Waals surface area contributed by atoms with Crippen LogP contribution in [0.1, 0.15) is 71.8 Å². The van der Waals surface area contributed by atoms with E-state index < -0.39 is 11.5 Å². The number of amides is 4. The normalized spacial score (nSPS) is 23.3. The van der Waals surface area contributed by atoms with Crippen LogP contribution in [-0.2, 0) is 35.3 Å². The van der Waals surface area contributed by atoms with Crippen LogP contribution in [0.15, 0.2) is 30.3 Å². The lowest BCUT2D eigenvalue weighted by molar-refractivity contribution is -0.142. The van der Waals surface area contributed by atoms with Crippen molar-refractivity contribution in [1.82, 2.24) is 21.3 Å². The van der Waals surface area contributed by atoms with Crippen LogP contribution < -0.4 is 21.3 Å². The first-order valence-corrected chi connectivity index (χ1v) is 14.7. The molecule has 0 bridgehead atoms. The van der Waals surface area contributed by atoms with Crippen molar-refractivity contribution in [2.24, 2.45) is 22.7 Å². The third-order valence-electron chi connectivity index (χ3n) is 8.97. The van der Waals surface area contributed by atoms with E-state index in [1.54, 1.807) is 0 Å². The molecule has 11 nitrogen and oxygen atoms in total. The van der Waals surface area contributed by atoms with E-state index in [2.05, 4.69) is 26.0 Å². The third-order valence-corrected chi connectivity index (χ3v) is 8.97. The molecule has 2 aliphatic rings. The molecule has 2 saturated carbocycles. The fourth-order valence-electron chi connectivity index (χ4n) is 5.66. The van der Waals surface area contributed by atoms with E-state index in [0.717, 1.165) is 5.56 Å². The van der Waals surface area contributed by atoms with E-state index in [9.17, 15) is 24.0 Å². The number of ether oxygens (including phenoxy) is 2. The Morgan fingerprint density at radius 1 is 0.786 bits per heavy atom. The topological polar surface area (TPSA) is 152 Å². The number of rotatable bonds is 14. The second-order valence-corrected chi connectivity index (χ2v) is 12.5. The predicted octanol–water partition coefficient (Wildman–Crippen LogP) is 2.82. The largest absolute Gasteiger partial charge is 0.469 e. The van der Waals surface area contributed by atoms with E-state index in [4.69, 9.17) is 4.74 Å². The summed E-state index contributed by atoms with van der Waals surface area (Å²) in [6, 6.07) is 9.16. The van der Waals surface area contributed by atoms with E-state index in [1.165, 1.54) is 7.11 Å². The Balaban J connectivity index is 1.28. The van der Waals surface area contributed by atoms with Crippen LogP contribution in [0.4, 0.5) is 4.79 Å². The Bertz CT molecular complexity index is 1120. The van der Waals surface area contributed by atoms with Crippen molar-refractivity contribution in [1.29, 1.82) is 0 Å². The van der Waals surface area contributed by atoms with Crippen molar-refractivity contribution in [2.75, 3.05) is 20.2 Å². The number of hydrogen-bond acceptors (Lipinski definition) is 7. The minimum atomic E-state index is -0.501. The first-order valence-electron chi connectivity index (χ1n) is 14.7. The van der Waals surface area contributed by atoms with Crippen LogP contribution in [0.2, 0.25) is 0 Å². The van der Waals surface area contributed by atoms with E-state index in [1.807, 2.05) is 58.0 Å². The lowest BCUT2D eigenvalue weighted by atomic mass is 9.58. The van der Waals surface area contributed by atoms with Gasteiger partial charge in [0.15, 0.2) is 0 Å². The van der Waals surface area contributed by atoms with Gasteiger partial charge in [-0.3, -0.25) is 19.2 Å². The number of esters is 1. The summed E-state index contributed by atoms with van der Waals surface area (Å²) in [6.45, 7) is 8.79. The molecule has 0 saturated heterocycles. The summed E-state index contributed by atoms with van der Waals surface area (Å²) in [5, 5.41) is 11.7. The van der Waals surface area contributed by atoms with Gasteiger partial charge in [0.2, 0.25) is 17.7 Å². The van der Waals surface area contributed by atoms with Crippen LogP contribution in [0, 0.1) is 22.7 Å². The SMILES string of the molecule is COC(=O)CCCNC(=O)[C@@H]1C[C@H](NC(=O)CCCNC(=O)[C@@H]2C[C@H](NC(=O)OCc3ccccc3)C2(C)C)C1(C)C. The van der Waals surface area contributed by atoms with E-state index in [-0.39, 0.29) is 72.5 Å². The molecule has 4 atom stereocenters. The summed E-state index contributed by atoms with van der Waals surface area (Å²) >= 11 is 0. The standard InChI is InChI=1S/C31H46N4O7/c1-30(2)21(27(38)33-16-10-14-26(37)41-5)17-23(30)34-25(36)13-9-15-32-28(39)22-18-24(31(22,3)4)35-29(40)42-19-20-11-7-6-8-12-20/h6-8,11-12,21-24H,9-10,13-19H2,1-5H3,(H,32,39)(H,33,38)(H,34,36)(H,35,40)/t21-,22-,23-,24-/m0/s1. The monoisotopic (exact) mass is 586 g/mol. The number of methoxy groups -OCH3 is 1. The molecule has 4 amide bonds. The van der Waals surface area contributed by atoms with Gasteiger partial charge in [-0.2, -0.15) is 0 Å². The average molecular weight is 587 g/mol. The molecule has 0 heterocycles. The number of hydrogen-bond donors (Lipinski definition) is 4. The van der Waals surface area contributed by atoms with Gasteiger partial charge in [0.1, 0.15) is 6.61 Å². The first-order chi connectivity index (χ1) is 19.9. The maximum Gasteiger partial charge on any atom is 0.407 e. The number of benzene rings is 1. The smallest absolute Gasteiger partial charge is 0.407 e. The Labute approximate surface area is 248 Å². The zero-order valence-corrected chi connectivity index (χ0v) is 25.4. The first kappa shape index (κ1) is 32.9. The van der Waals surface area contributed by atoms with Gasteiger partial charge in [-0.15, -0.1) is 0 Å².